The lowest BCUT2D eigenvalue weighted by atomic mass is 9.97. The molecule has 0 bridgehead atoms. The molecule has 7 nitrogen and oxygen atoms in total. The summed E-state index contributed by atoms with van der Waals surface area (Å²) >= 11 is 0. The largest absolute Gasteiger partial charge is 0.481 e. The van der Waals surface area contributed by atoms with Gasteiger partial charge in [0.25, 0.3) is 0 Å². The van der Waals surface area contributed by atoms with Gasteiger partial charge >= 0.3 is 12.0 Å². The number of aliphatic carboxylic acids is 1. The third-order valence-corrected chi connectivity index (χ3v) is 3.76. The lowest BCUT2D eigenvalue weighted by Gasteiger charge is -2.31. The molecule has 1 aliphatic rings. The smallest absolute Gasteiger partial charge is 0.323 e. The van der Waals surface area contributed by atoms with Crippen LogP contribution in [0.4, 0.5) is 4.79 Å². The Morgan fingerprint density at radius 1 is 1.24 bits per heavy atom. The fourth-order valence-electron chi connectivity index (χ4n) is 2.39. The SMILES string of the molecule is CN1CCC(CN(C)C(=O)NC(=O)CCCC(=O)O)CC1. The predicted octanol–water partition coefficient (Wildman–Crippen LogP) is 0.751. The molecule has 0 aromatic rings. The molecule has 0 spiro atoms. The minimum Gasteiger partial charge on any atom is -0.481 e. The first-order valence-electron chi connectivity index (χ1n) is 7.33. The Morgan fingerprint density at radius 3 is 2.43 bits per heavy atom. The van der Waals surface area contributed by atoms with Crippen LogP contribution in [0.1, 0.15) is 32.1 Å². The number of piperidine rings is 1. The monoisotopic (exact) mass is 299 g/mol. The van der Waals surface area contributed by atoms with Crippen LogP contribution in [0.2, 0.25) is 0 Å². The van der Waals surface area contributed by atoms with Crippen molar-refractivity contribution in [3.63, 3.8) is 0 Å². The molecule has 21 heavy (non-hydrogen) atoms. The number of imide groups is 1. The zero-order valence-electron chi connectivity index (χ0n) is 12.8. The first kappa shape index (κ1) is 17.4. The van der Waals surface area contributed by atoms with Crippen LogP contribution in [-0.2, 0) is 9.59 Å². The number of nitrogens with zero attached hydrogens (tertiary/aromatic N) is 2. The maximum absolute atomic E-state index is 11.9. The van der Waals surface area contributed by atoms with Gasteiger partial charge in [-0.15, -0.1) is 0 Å². The number of urea groups is 1. The molecule has 1 aliphatic heterocycles. The van der Waals surface area contributed by atoms with E-state index in [9.17, 15) is 14.4 Å². The number of amides is 3. The summed E-state index contributed by atoms with van der Waals surface area (Å²) in [6, 6.07) is -0.408. The summed E-state index contributed by atoms with van der Waals surface area (Å²) in [7, 11) is 3.76. The van der Waals surface area contributed by atoms with Gasteiger partial charge in [-0.05, 0) is 45.3 Å². The van der Waals surface area contributed by atoms with E-state index in [1.807, 2.05) is 0 Å². The van der Waals surface area contributed by atoms with E-state index in [2.05, 4.69) is 17.3 Å². The lowest BCUT2D eigenvalue weighted by Crippen LogP contribution is -2.44. The number of hydrogen-bond acceptors (Lipinski definition) is 4. The van der Waals surface area contributed by atoms with Gasteiger partial charge in [-0.1, -0.05) is 0 Å². The average molecular weight is 299 g/mol. The molecule has 2 N–H and O–H groups in total. The summed E-state index contributed by atoms with van der Waals surface area (Å²) in [5, 5.41) is 10.8. The predicted molar refractivity (Wildman–Crippen MR) is 77.9 cm³/mol. The van der Waals surface area contributed by atoms with Crippen LogP contribution in [0.5, 0.6) is 0 Å². The minimum absolute atomic E-state index is 0.0557. The van der Waals surface area contributed by atoms with Gasteiger partial charge in [0, 0.05) is 26.4 Å². The van der Waals surface area contributed by atoms with E-state index in [4.69, 9.17) is 5.11 Å². The van der Waals surface area contributed by atoms with E-state index in [1.54, 1.807) is 7.05 Å². The van der Waals surface area contributed by atoms with Crippen molar-refractivity contribution >= 4 is 17.9 Å². The number of likely N-dealkylation sites (tertiary alicyclic amines) is 1. The normalized spacial score (nSPS) is 16.5. The third kappa shape index (κ3) is 7.08. The highest BCUT2D eigenvalue weighted by molar-refractivity contribution is 5.94. The summed E-state index contributed by atoms with van der Waals surface area (Å²) < 4.78 is 0. The molecular weight excluding hydrogens is 274 g/mol. The van der Waals surface area contributed by atoms with Gasteiger partial charge in [0.2, 0.25) is 5.91 Å². The molecule has 120 valence electrons. The Kier molecular flexibility index (Phi) is 7.14. The van der Waals surface area contributed by atoms with Gasteiger partial charge in [0.05, 0.1) is 0 Å². The van der Waals surface area contributed by atoms with Crippen LogP contribution in [-0.4, -0.2) is 66.5 Å². The van der Waals surface area contributed by atoms with Crippen LogP contribution in [0.15, 0.2) is 0 Å². The Labute approximate surface area is 125 Å². The van der Waals surface area contributed by atoms with Crippen molar-refractivity contribution in [1.29, 1.82) is 0 Å². The number of carbonyl (C=O) groups is 3. The maximum atomic E-state index is 11.9. The Hall–Kier alpha value is -1.63. The molecule has 0 atom stereocenters. The lowest BCUT2D eigenvalue weighted by molar-refractivity contribution is -0.137. The number of carboxylic acid groups (broad SMARTS) is 1. The quantitative estimate of drug-likeness (QED) is 0.755. The van der Waals surface area contributed by atoms with Crippen molar-refractivity contribution in [2.45, 2.75) is 32.1 Å². The van der Waals surface area contributed by atoms with E-state index < -0.39 is 17.9 Å². The zero-order chi connectivity index (χ0) is 15.8. The second-order valence-electron chi connectivity index (χ2n) is 5.73. The molecule has 0 saturated carbocycles. The summed E-state index contributed by atoms with van der Waals surface area (Å²) in [5.74, 6) is -0.885. The molecule has 0 radical (unpaired) electrons. The number of hydrogen-bond donors (Lipinski definition) is 2. The van der Waals surface area contributed by atoms with E-state index in [-0.39, 0.29) is 19.3 Å². The van der Waals surface area contributed by atoms with Crippen LogP contribution in [0.25, 0.3) is 0 Å². The Bertz CT molecular complexity index is 378. The van der Waals surface area contributed by atoms with Gasteiger partial charge in [-0.3, -0.25) is 14.9 Å². The van der Waals surface area contributed by atoms with Crippen molar-refractivity contribution in [3.05, 3.63) is 0 Å². The number of rotatable bonds is 6. The highest BCUT2D eigenvalue weighted by Crippen LogP contribution is 2.16. The van der Waals surface area contributed by atoms with Crippen LogP contribution in [0.3, 0.4) is 0 Å². The number of nitrogens with one attached hydrogen (secondary N) is 1. The van der Waals surface area contributed by atoms with E-state index in [0.717, 1.165) is 25.9 Å². The molecule has 0 aliphatic carbocycles. The molecule has 1 saturated heterocycles. The standard InChI is InChI=1S/C14H25N3O4/c1-16-8-6-11(7-9-16)10-17(2)14(21)15-12(18)4-3-5-13(19)20/h11H,3-10H2,1-2H3,(H,19,20)(H,15,18,21). The van der Waals surface area contributed by atoms with Crippen LogP contribution in [0, 0.1) is 5.92 Å². The molecule has 0 aromatic heterocycles. The number of carbonyl (C=O) groups excluding carboxylic acids is 2. The van der Waals surface area contributed by atoms with Gasteiger partial charge in [0.15, 0.2) is 0 Å². The van der Waals surface area contributed by atoms with Crippen molar-refractivity contribution in [3.8, 4) is 0 Å². The first-order chi connectivity index (χ1) is 9.88. The van der Waals surface area contributed by atoms with Crippen molar-refractivity contribution in [2.24, 2.45) is 5.92 Å². The molecular formula is C14H25N3O4. The molecule has 7 heteroatoms. The van der Waals surface area contributed by atoms with Crippen LogP contribution < -0.4 is 5.32 Å². The summed E-state index contributed by atoms with van der Waals surface area (Å²) in [6.07, 6.45) is 2.35. The number of carboxylic acids is 1. The molecule has 1 heterocycles. The fourth-order valence-corrected chi connectivity index (χ4v) is 2.39. The molecule has 1 rings (SSSR count). The Morgan fingerprint density at radius 2 is 1.86 bits per heavy atom. The first-order valence-corrected chi connectivity index (χ1v) is 7.33. The zero-order valence-corrected chi connectivity index (χ0v) is 12.8. The Balaban J connectivity index is 2.24. The molecule has 1 fully saturated rings. The maximum Gasteiger partial charge on any atom is 0.323 e. The summed E-state index contributed by atoms with van der Waals surface area (Å²) in [4.78, 5) is 37.5. The summed E-state index contributed by atoms with van der Waals surface area (Å²) in [5.41, 5.74) is 0. The summed E-state index contributed by atoms with van der Waals surface area (Å²) in [6.45, 7) is 2.71. The van der Waals surface area contributed by atoms with Crippen molar-refractivity contribution in [1.82, 2.24) is 15.1 Å². The van der Waals surface area contributed by atoms with E-state index >= 15 is 0 Å². The van der Waals surface area contributed by atoms with Gasteiger partial charge < -0.3 is 14.9 Å². The second kappa shape index (κ2) is 8.61. The molecule has 3 amide bonds. The van der Waals surface area contributed by atoms with Crippen LogP contribution >= 0.6 is 0 Å². The van der Waals surface area contributed by atoms with Gasteiger partial charge in [0.1, 0.15) is 0 Å². The highest BCUT2D eigenvalue weighted by Gasteiger charge is 2.21. The van der Waals surface area contributed by atoms with Gasteiger partial charge in [-0.25, -0.2) is 4.79 Å². The third-order valence-electron chi connectivity index (χ3n) is 3.76. The molecule has 0 aromatic carbocycles. The fraction of sp³-hybridized carbons (Fsp3) is 0.786. The minimum atomic E-state index is -0.937. The van der Waals surface area contributed by atoms with Crippen molar-refractivity contribution in [2.75, 3.05) is 33.7 Å². The highest BCUT2D eigenvalue weighted by atomic mass is 16.4. The average Bonchev–Trinajstić information content (AvgIpc) is 2.40. The van der Waals surface area contributed by atoms with Gasteiger partial charge in [-0.2, -0.15) is 0 Å². The van der Waals surface area contributed by atoms with E-state index in [0.29, 0.717) is 12.5 Å². The van der Waals surface area contributed by atoms with Crippen molar-refractivity contribution < 1.29 is 19.5 Å². The molecule has 0 unspecified atom stereocenters. The second-order valence-corrected chi connectivity index (χ2v) is 5.73. The topological polar surface area (TPSA) is 90.0 Å². The van der Waals surface area contributed by atoms with E-state index in [1.165, 1.54) is 4.90 Å².